The van der Waals surface area contributed by atoms with E-state index in [1.807, 2.05) is 6.92 Å². The van der Waals surface area contributed by atoms with Crippen molar-refractivity contribution in [3.05, 3.63) is 0 Å². The second-order valence-corrected chi connectivity index (χ2v) is 5.28. The van der Waals surface area contributed by atoms with E-state index in [1.165, 1.54) is 12.8 Å². The zero-order chi connectivity index (χ0) is 13.1. The van der Waals surface area contributed by atoms with Crippen molar-refractivity contribution in [2.75, 3.05) is 6.54 Å². The van der Waals surface area contributed by atoms with Gasteiger partial charge in [0.15, 0.2) is 5.11 Å². The highest BCUT2D eigenvalue weighted by atomic mass is 32.1. The molecular formula is C12H19N3O2S. The average Bonchev–Trinajstić information content (AvgIpc) is 2.80. The summed E-state index contributed by atoms with van der Waals surface area (Å²) in [7, 11) is 0. The van der Waals surface area contributed by atoms with Crippen LogP contribution in [0.25, 0.3) is 0 Å². The highest BCUT2D eigenvalue weighted by Gasteiger charge is 2.34. The first-order valence-electron chi connectivity index (χ1n) is 6.52. The van der Waals surface area contributed by atoms with E-state index >= 15 is 0 Å². The molecule has 0 bridgehead atoms. The second kappa shape index (κ2) is 5.65. The molecule has 1 aliphatic heterocycles. The van der Waals surface area contributed by atoms with Gasteiger partial charge in [-0.2, -0.15) is 0 Å². The zero-order valence-corrected chi connectivity index (χ0v) is 11.4. The number of nitrogens with zero attached hydrogens (tertiary/aromatic N) is 1. The number of imide groups is 1. The van der Waals surface area contributed by atoms with Gasteiger partial charge in [-0.25, -0.2) is 0 Å². The lowest BCUT2D eigenvalue weighted by molar-refractivity contribution is -0.137. The van der Waals surface area contributed by atoms with Gasteiger partial charge in [0, 0.05) is 6.04 Å². The van der Waals surface area contributed by atoms with Gasteiger partial charge in [-0.15, -0.1) is 0 Å². The molecule has 0 spiro atoms. The van der Waals surface area contributed by atoms with Crippen LogP contribution in [0.15, 0.2) is 0 Å². The Hall–Kier alpha value is -1.17. The van der Waals surface area contributed by atoms with E-state index in [0.717, 1.165) is 12.8 Å². The molecule has 6 heteroatoms. The lowest BCUT2D eigenvalue weighted by Gasteiger charge is -2.36. The Labute approximate surface area is 112 Å². The van der Waals surface area contributed by atoms with E-state index in [1.54, 1.807) is 4.90 Å². The minimum Gasteiger partial charge on any atom is -0.360 e. The standard InChI is InChI=1S/C12H19N3O2S/c1-2-9-11(17)14-10(16)7-15(9)12(18)13-8-5-3-4-6-8/h8-9H,2-7H2,1H3,(H,13,18)(H,14,16,17). The smallest absolute Gasteiger partial charge is 0.249 e. The zero-order valence-electron chi connectivity index (χ0n) is 10.6. The fourth-order valence-corrected chi connectivity index (χ4v) is 2.97. The third-order valence-corrected chi connectivity index (χ3v) is 3.94. The summed E-state index contributed by atoms with van der Waals surface area (Å²) in [5.41, 5.74) is 0. The van der Waals surface area contributed by atoms with Crippen molar-refractivity contribution in [1.29, 1.82) is 0 Å². The molecule has 1 saturated heterocycles. The van der Waals surface area contributed by atoms with Crippen LogP contribution in [0.4, 0.5) is 0 Å². The number of carbonyl (C=O) groups excluding carboxylic acids is 2. The summed E-state index contributed by atoms with van der Waals surface area (Å²) in [5, 5.41) is 6.17. The van der Waals surface area contributed by atoms with Crippen LogP contribution in [0.2, 0.25) is 0 Å². The number of rotatable bonds is 2. The van der Waals surface area contributed by atoms with Gasteiger partial charge in [-0.1, -0.05) is 19.8 Å². The Morgan fingerprint density at radius 1 is 1.44 bits per heavy atom. The molecule has 100 valence electrons. The van der Waals surface area contributed by atoms with Crippen LogP contribution in [0.1, 0.15) is 39.0 Å². The molecule has 2 rings (SSSR count). The van der Waals surface area contributed by atoms with E-state index in [-0.39, 0.29) is 24.4 Å². The first-order valence-corrected chi connectivity index (χ1v) is 6.93. The molecule has 1 aliphatic carbocycles. The van der Waals surface area contributed by atoms with Crippen LogP contribution in [0.3, 0.4) is 0 Å². The van der Waals surface area contributed by atoms with Gasteiger partial charge >= 0.3 is 0 Å². The van der Waals surface area contributed by atoms with Crippen molar-refractivity contribution >= 4 is 29.1 Å². The maximum absolute atomic E-state index is 11.7. The minimum atomic E-state index is -0.330. The van der Waals surface area contributed by atoms with Crippen molar-refractivity contribution in [3.8, 4) is 0 Å². The topological polar surface area (TPSA) is 61.4 Å². The second-order valence-electron chi connectivity index (χ2n) is 4.90. The Kier molecular flexibility index (Phi) is 4.16. The molecule has 0 radical (unpaired) electrons. The number of hydrogen-bond acceptors (Lipinski definition) is 3. The summed E-state index contributed by atoms with van der Waals surface area (Å²) in [6.45, 7) is 2.09. The Morgan fingerprint density at radius 3 is 2.72 bits per heavy atom. The lowest BCUT2D eigenvalue weighted by atomic mass is 10.1. The monoisotopic (exact) mass is 269 g/mol. The highest BCUT2D eigenvalue weighted by molar-refractivity contribution is 7.80. The first-order chi connectivity index (χ1) is 8.61. The quantitative estimate of drug-likeness (QED) is 0.566. The van der Waals surface area contributed by atoms with Gasteiger partial charge in [-0.05, 0) is 31.5 Å². The molecule has 1 unspecified atom stereocenters. The van der Waals surface area contributed by atoms with E-state index in [0.29, 0.717) is 17.6 Å². The largest absolute Gasteiger partial charge is 0.360 e. The van der Waals surface area contributed by atoms with Crippen LogP contribution >= 0.6 is 12.2 Å². The van der Waals surface area contributed by atoms with E-state index in [2.05, 4.69) is 10.6 Å². The summed E-state index contributed by atoms with van der Waals surface area (Å²) in [4.78, 5) is 24.9. The molecule has 18 heavy (non-hydrogen) atoms. The number of piperazine rings is 1. The Morgan fingerprint density at radius 2 is 2.11 bits per heavy atom. The summed E-state index contributed by atoms with van der Waals surface area (Å²) in [6, 6.07) is 0.0687. The van der Waals surface area contributed by atoms with Gasteiger partial charge < -0.3 is 10.2 Å². The molecule has 0 aromatic carbocycles. The summed E-state index contributed by atoms with van der Waals surface area (Å²) >= 11 is 5.34. The fraction of sp³-hybridized carbons (Fsp3) is 0.750. The number of nitrogens with one attached hydrogen (secondary N) is 2. The summed E-state index contributed by atoms with van der Waals surface area (Å²) in [5.74, 6) is -0.524. The minimum absolute atomic E-state index is 0.169. The van der Waals surface area contributed by atoms with Crippen molar-refractivity contribution in [1.82, 2.24) is 15.5 Å². The van der Waals surface area contributed by atoms with Crippen LogP contribution in [-0.4, -0.2) is 40.5 Å². The number of amides is 2. The molecule has 2 aliphatic rings. The molecule has 2 fully saturated rings. The number of thiocarbonyl (C=S) groups is 1. The van der Waals surface area contributed by atoms with Gasteiger partial charge in [0.2, 0.25) is 11.8 Å². The van der Waals surface area contributed by atoms with Crippen molar-refractivity contribution in [2.24, 2.45) is 0 Å². The highest BCUT2D eigenvalue weighted by Crippen LogP contribution is 2.18. The van der Waals surface area contributed by atoms with E-state index in [9.17, 15) is 9.59 Å². The Balaban J connectivity index is 2.01. The first kappa shape index (κ1) is 13.3. The number of hydrogen-bond donors (Lipinski definition) is 2. The molecule has 1 saturated carbocycles. The van der Waals surface area contributed by atoms with Gasteiger partial charge in [0.25, 0.3) is 0 Å². The maximum atomic E-state index is 11.7. The van der Waals surface area contributed by atoms with Gasteiger partial charge in [-0.3, -0.25) is 14.9 Å². The molecule has 1 atom stereocenters. The lowest BCUT2D eigenvalue weighted by Crippen LogP contribution is -2.62. The molecule has 0 aromatic heterocycles. The molecule has 2 amide bonds. The van der Waals surface area contributed by atoms with Crippen molar-refractivity contribution in [2.45, 2.75) is 51.1 Å². The predicted octanol–water partition coefficient (Wildman–Crippen LogP) is 0.540. The predicted molar refractivity (Wildman–Crippen MR) is 71.9 cm³/mol. The molecular weight excluding hydrogens is 250 g/mol. The third kappa shape index (κ3) is 2.80. The Bertz CT molecular complexity index is 366. The van der Waals surface area contributed by atoms with Crippen LogP contribution < -0.4 is 10.6 Å². The fourth-order valence-electron chi connectivity index (χ4n) is 2.61. The van der Waals surface area contributed by atoms with Gasteiger partial charge in [0.05, 0.1) is 0 Å². The molecule has 1 heterocycles. The molecule has 0 aromatic rings. The summed E-state index contributed by atoms with van der Waals surface area (Å²) in [6.07, 6.45) is 5.31. The van der Waals surface area contributed by atoms with Crippen molar-refractivity contribution < 1.29 is 9.59 Å². The van der Waals surface area contributed by atoms with E-state index in [4.69, 9.17) is 12.2 Å². The molecule has 2 N–H and O–H groups in total. The third-order valence-electron chi connectivity index (χ3n) is 3.59. The van der Waals surface area contributed by atoms with Crippen molar-refractivity contribution in [3.63, 3.8) is 0 Å². The number of carbonyl (C=O) groups is 2. The van der Waals surface area contributed by atoms with E-state index < -0.39 is 0 Å². The van der Waals surface area contributed by atoms with Crippen LogP contribution in [0, 0.1) is 0 Å². The normalized spacial score (nSPS) is 25.2. The summed E-state index contributed by atoms with van der Waals surface area (Å²) < 4.78 is 0. The van der Waals surface area contributed by atoms with Crippen LogP contribution in [-0.2, 0) is 9.59 Å². The average molecular weight is 269 g/mol. The SMILES string of the molecule is CCC1C(=O)NC(=O)CN1C(=S)NC1CCCC1. The van der Waals surface area contributed by atoms with Crippen LogP contribution in [0.5, 0.6) is 0 Å². The molecule has 5 nitrogen and oxygen atoms in total. The van der Waals surface area contributed by atoms with Gasteiger partial charge in [0.1, 0.15) is 12.6 Å². The maximum Gasteiger partial charge on any atom is 0.249 e.